The molecule has 2 heterocycles. The van der Waals surface area contributed by atoms with Crippen LogP contribution in [-0.4, -0.2) is 15.9 Å². The van der Waals surface area contributed by atoms with Gasteiger partial charge in [0.1, 0.15) is 16.7 Å². The molecule has 26 heavy (non-hydrogen) atoms. The zero-order chi connectivity index (χ0) is 18.3. The van der Waals surface area contributed by atoms with Crippen LogP contribution in [-0.2, 0) is 0 Å². The van der Waals surface area contributed by atoms with E-state index in [1.54, 1.807) is 30.3 Å². The van der Waals surface area contributed by atoms with Gasteiger partial charge >= 0.3 is 0 Å². The number of aromatic amines is 1. The zero-order valence-electron chi connectivity index (χ0n) is 13.4. The van der Waals surface area contributed by atoms with Crippen molar-refractivity contribution in [2.75, 3.05) is 5.01 Å². The van der Waals surface area contributed by atoms with Crippen LogP contribution in [0.1, 0.15) is 11.1 Å². The lowest BCUT2D eigenvalue weighted by atomic mass is 10.1. The van der Waals surface area contributed by atoms with Crippen molar-refractivity contribution in [2.24, 2.45) is 5.10 Å². The molecule has 0 radical (unpaired) electrons. The molecular weight excluding hydrogens is 335 g/mol. The molecule has 0 atom stereocenters. The molecular formula is C19H13FN4O2. The molecule has 6 nitrogen and oxygen atoms in total. The summed E-state index contributed by atoms with van der Waals surface area (Å²) in [5.74, 6) is -0.837. The van der Waals surface area contributed by atoms with Gasteiger partial charge in [-0.3, -0.25) is 15.2 Å². The zero-order valence-corrected chi connectivity index (χ0v) is 13.4. The molecule has 3 N–H and O–H groups in total. The van der Waals surface area contributed by atoms with Crippen LogP contribution < -0.4 is 21.1 Å². The van der Waals surface area contributed by atoms with Gasteiger partial charge in [0.05, 0.1) is 10.9 Å². The largest absolute Gasteiger partial charge is 0.494 e. The number of para-hydroxylation sites is 1. The maximum Gasteiger partial charge on any atom is 0.260 e. The van der Waals surface area contributed by atoms with Crippen LogP contribution in [0.2, 0.25) is 0 Å². The summed E-state index contributed by atoms with van der Waals surface area (Å²) in [4.78, 5) is 14.7. The maximum atomic E-state index is 13.1. The smallest absolute Gasteiger partial charge is 0.260 e. The topological polar surface area (TPSA) is 92.5 Å². The molecule has 0 unspecified atom stereocenters. The van der Waals surface area contributed by atoms with Crippen molar-refractivity contribution in [1.29, 1.82) is 5.41 Å². The van der Waals surface area contributed by atoms with Crippen molar-refractivity contribution in [3.8, 4) is 5.88 Å². The fraction of sp³-hybridized carbons (Fsp3) is 0. The molecule has 0 saturated heterocycles. The fourth-order valence-corrected chi connectivity index (χ4v) is 2.79. The van der Waals surface area contributed by atoms with Gasteiger partial charge in [0, 0.05) is 0 Å². The molecule has 0 spiro atoms. The molecule has 7 heteroatoms. The highest BCUT2D eigenvalue weighted by atomic mass is 19.1. The Bertz CT molecular complexity index is 1190. The van der Waals surface area contributed by atoms with E-state index in [0.29, 0.717) is 11.3 Å². The first kappa shape index (κ1) is 15.8. The van der Waals surface area contributed by atoms with Gasteiger partial charge in [0.15, 0.2) is 5.84 Å². The number of pyridine rings is 1. The van der Waals surface area contributed by atoms with Crippen LogP contribution in [0.4, 0.5) is 10.1 Å². The van der Waals surface area contributed by atoms with Crippen LogP contribution in [0.25, 0.3) is 6.08 Å². The lowest BCUT2D eigenvalue weighted by Crippen LogP contribution is -2.42. The second-order valence-corrected chi connectivity index (χ2v) is 5.73. The van der Waals surface area contributed by atoms with Gasteiger partial charge in [-0.05, 0) is 35.9 Å². The van der Waals surface area contributed by atoms with Crippen molar-refractivity contribution in [2.45, 2.75) is 0 Å². The molecule has 1 aromatic heterocycles. The van der Waals surface area contributed by atoms with E-state index >= 15 is 0 Å². The number of aromatic nitrogens is 1. The first-order valence-electron chi connectivity index (χ1n) is 7.80. The molecule has 128 valence electrons. The number of hydrogen-bond donors (Lipinski definition) is 3. The lowest BCUT2D eigenvalue weighted by molar-refractivity contribution is 0.449. The Morgan fingerprint density at radius 3 is 2.50 bits per heavy atom. The van der Waals surface area contributed by atoms with Crippen molar-refractivity contribution in [3.05, 3.63) is 92.5 Å². The highest BCUT2D eigenvalue weighted by molar-refractivity contribution is 6.10. The Labute approximate surface area is 146 Å². The Hall–Kier alpha value is -3.74. The molecule has 0 saturated carbocycles. The third-order valence-electron chi connectivity index (χ3n) is 4.04. The van der Waals surface area contributed by atoms with Crippen LogP contribution >= 0.6 is 0 Å². The molecule has 0 aliphatic carbocycles. The number of fused-ring (bicyclic) bond motifs is 1. The quantitative estimate of drug-likeness (QED) is 0.654. The van der Waals surface area contributed by atoms with Gasteiger partial charge in [-0.15, -0.1) is 0 Å². The minimum atomic E-state index is -0.544. The van der Waals surface area contributed by atoms with Gasteiger partial charge in [-0.1, -0.05) is 30.3 Å². The summed E-state index contributed by atoms with van der Waals surface area (Å²) < 4.78 is 13.1. The minimum Gasteiger partial charge on any atom is -0.494 e. The van der Waals surface area contributed by atoms with E-state index in [1.807, 2.05) is 6.07 Å². The molecule has 4 rings (SSSR count). The number of nitrogens with zero attached hydrogens (tertiary/aromatic N) is 2. The van der Waals surface area contributed by atoms with Gasteiger partial charge < -0.3 is 5.11 Å². The highest BCUT2D eigenvalue weighted by Crippen LogP contribution is 2.21. The number of aromatic hydroxyl groups is 1. The van der Waals surface area contributed by atoms with Gasteiger partial charge in [0.25, 0.3) is 5.56 Å². The second kappa shape index (κ2) is 5.96. The summed E-state index contributed by atoms with van der Waals surface area (Å²) in [5, 5.41) is 24.6. The fourth-order valence-electron chi connectivity index (χ4n) is 2.79. The Morgan fingerprint density at radius 2 is 1.81 bits per heavy atom. The molecule has 0 bridgehead atoms. The normalized spacial score (nSPS) is 13.7. The number of anilines is 1. The SMILES string of the molecule is N=C1c2c(O)[nH]c(=O)c(=Cc3ccc(F)cc3)c2=NN1c1ccccc1. The molecule has 2 aromatic carbocycles. The van der Waals surface area contributed by atoms with Crippen LogP contribution in [0.5, 0.6) is 5.88 Å². The summed E-state index contributed by atoms with van der Waals surface area (Å²) in [6.45, 7) is 0. The van der Waals surface area contributed by atoms with Gasteiger partial charge in [-0.2, -0.15) is 5.10 Å². The van der Waals surface area contributed by atoms with E-state index in [-0.39, 0.29) is 27.8 Å². The summed E-state index contributed by atoms with van der Waals surface area (Å²) in [5.41, 5.74) is 0.830. The molecule has 1 aliphatic heterocycles. The van der Waals surface area contributed by atoms with E-state index < -0.39 is 11.4 Å². The molecule has 0 amide bonds. The summed E-state index contributed by atoms with van der Waals surface area (Å²) in [7, 11) is 0. The van der Waals surface area contributed by atoms with E-state index in [4.69, 9.17) is 5.41 Å². The van der Waals surface area contributed by atoms with Crippen molar-refractivity contribution < 1.29 is 9.50 Å². The van der Waals surface area contributed by atoms with Gasteiger partial charge in [0.2, 0.25) is 5.88 Å². The van der Waals surface area contributed by atoms with Crippen molar-refractivity contribution in [3.63, 3.8) is 0 Å². The average Bonchev–Trinajstić information content (AvgIpc) is 2.99. The number of nitrogens with one attached hydrogen (secondary N) is 2. The molecule has 3 aromatic rings. The number of benzene rings is 2. The third-order valence-corrected chi connectivity index (χ3v) is 4.04. The standard InChI is InChI=1S/C19H13FN4O2/c20-12-8-6-11(7-9-12)10-14-16-15(19(26)22-18(14)25)17(21)24(23-16)13-4-2-1-3-5-13/h1-10,21,26H,(H,22,25). The summed E-state index contributed by atoms with van der Waals surface area (Å²) in [6, 6.07) is 14.6. The van der Waals surface area contributed by atoms with Crippen molar-refractivity contribution >= 4 is 17.6 Å². The monoisotopic (exact) mass is 348 g/mol. The molecule has 1 aliphatic rings. The van der Waals surface area contributed by atoms with Crippen LogP contribution in [0.3, 0.4) is 0 Å². The highest BCUT2D eigenvalue weighted by Gasteiger charge is 2.26. The minimum absolute atomic E-state index is 0.0475. The van der Waals surface area contributed by atoms with Crippen LogP contribution in [0, 0.1) is 11.2 Å². The summed E-state index contributed by atoms with van der Waals surface area (Å²) in [6.07, 6.45) is 1.54. The average molecular weight is 348 g/mol. The number of halogens is 1. The Kier molecular flexibility index (Phi) is 3.62. The number of amidine groups is 1. The third kappa shape index (κ3) is 2.55. The number of H-pyrrole nitrogens is 1. The maximum absolute atomic E-state index is 13.1. The van der Waals surface area contributed by atoms with Gasteiger partial charge in [-0.25, -0.2) is 9.40 Å². The van der Waals surface area contributed by atoms with E-state index in [1.165, 1.54) is 29.3 Å². The number of rotatable bonds is 2. The van der Waals surface area contributed by atoms with Crippen molar-refractivity contribution in [1.82, 2.24) is 4.98 Å². The lowest BCUT2D eigenvalue weighted by Gasteiger charge is -2.13. The van der Waals surface area contributed by atoms with E-state index in [9.17, 15) is 14.3 Å². The second-order valence-electron chi connectivity index (χ2n) is 5.73. The Balaban J connectivity index is 1.98. The van der Waals surface area contributed by atoms with E-state index in [2.05, 4.69) is 10.1 Å². The predicted octanol–water partition coefficient (Wildman–Crippen LogP) is 1.43. The van der Waals surface area contributed by atoms with E-state index in [0.717, 1.165) is 0 Å². The number of hydrogen-bond acceptors (Lipinski definition) is 4. The Morgan fingerprint density at radius 1 is 1.12 bits per heavy atom. The first-order chi connectivity index (χ1) is 12.5. The summed E-state index contributed by atoms with van der Waals surface area (Å²) >= 11 is 0. The molecule has 0 fully saturated rings. The first-order valence-corrected chi connectivity index (χ1v) is 7.80. The predicted molar refractivity (Wildman–Crippen MR) is 95.2 cm³/mol. The van der Waals surface area contributed by atoms with Crippen LogP contribution in [0.15, 0.2) is 64.5 Å².